The summed E-state index contributed by atoms with van der Waals surface area (Å²) in [7, 11) is 0. The molecular formula is C23H24N6O2S. The van der Waals surface area contributed by atoms with Gasteiger partial charge in [-0.05, 0) is 42.2 Å². The summed E-state index contributed by atoms with van der Waals surface area (Å²) in [6.07, 6.45) is 5.39. The SMILES string of the molecule is CSCc1nc2ccccc2n1CC(=O)NCc1cccc(NC(=O)Cn2cccn2)c1. The lowest BCUT2D eigenvalue weighted by Gasteiger charge is -2.11. The van der Waals surface area contributed by atoms with Gasteiger partial charge in [-0.2, -0.15) is 16.9 Å². The molecule has 4 aromatic rings. The fourth-order valence-electron chi connectivity index (χ4n) is 3.44. The summed E-state index contributed by atoms with van der Waals surface area (Å²) < 4.78 is 3.53. The summed E-state index contributed by atoms with van der Waals surface area (Å²) in [6, 6.07) is 17.0. The molecule has 0 fully saturated rings. The monoisotopic (exact) mass is 448 g/mol. The van der Waals surface area contributed by atoms with Crippen LogP contribution in [0, 0.1) is 0 Å². The normalized spacial score (nSPS) is 10.9. The quantitative estimate of drug-likeness (QED) is 0.410. The first-order valence-electron chi connectivity index (χ1n) is 10.2. The van der Waals surface area contributed by atoms with Crippen LogP contribution in [0.1, 0.15) is 11.4 Å². The number of nitrogens with zero attached hydrogens (tertiary/aromatic N) is 4. The van der Waals surface area contributed by atoms with Gasteiger partial charge in [0.25, 0.3) is 0 Å². The second kappa shape index (κ2) is 10.1. The molecule has 0 aliphatic rings. The third-order valence-corrected chi connectivity index (χ3v) is 5.42. The van der Waals surface area contributed by atoms with E-state index in [1.54, 1.807) is 34.9 Å². The lowest BCUT2D eigenvalue weighted by molar-refractivity contribution is -0.121. The third kappa shape index (κ3) is 5.36. The second-order valence-electron chi connectivity index (χ2n) is 7.26. The first kappa shape index (κ1) is 21.6. The second-order valence-corrected chi connectivity index (χ2v) is 8.13. The molecule has 0 aliphatic carbocycles. The fraction of sp³-hybridized carbons (Fsp3) is 0.217. The number of hydrogen-bond acceptors (Lipinski definition) is 5. The topological polar surface area (TPSA) is 93.8 Å². The van der Waals surface area contributed by atoms with Crippen molar-refractivity contribution >= 4 is 40.3 Å². The molecule has 164 valence electrons. The van der Waals surface area contributed by atoms with Crippen LogP contribution in [0.2, 0.25) is 0 Å². The Morgan fingerprint density at radius 3 is 2.72 bits per heavy atom. The van der Waals surface area contributed by atoms with Gasteiger partial charge in [-0.15, -0.1) is 0 Å². The van der Waals surface area contributed by atoms with Crippen molar-refractivity contribution in [2.24, 2.45) is 0 Å². The Kier molecular flexibility index (Phi) is 6.86. The maximum Gasteiger partial charge on any atom is 0.246 e. The van der Waals surface area contributed by atoms with Crippen LogP contribution in [0.15, 0.2) is 67.0 Å². The molecule has 8 nitrogen and oxygen atoms in total. The number of hydrogen-bond donors (Lipinski definition) is 2. The Hall–Kier alpha value is -3.59. The summed E-state index contributed by atoms with van der Waals surface area (Å²) in [4.78, 5) is 29.5. The van der Waals surface area contributed by atoms with E-state index in [-0.39, 0.29) is 24.9 Å². The summed E-state index contributed by atoms with van der Waals surface area (Å²) in [6.45, 7) is 0.716. The Bertz CT molecular complexity index is 1220. The predicted octanol–water partition coefficient (Wildman–Crippen LogP) is 3.05. The van der Waals surface area contributed by atoms with Gasteiger partial charge in [0.05, 0.1) is 16.8 Å². The number of amides is 2. The summed E-state index contributed by atoms with van der Waals surface area (Å²) in [5, 5.41) is 9.86. The molecule has 0 spiro atoms. The minimum atomic E-state index is -0.164. The highest BCUT2D eigenvalue weighted by Gasteiger charge is 2.13. The molecule has 0 unspecified atom stereocenters. The van der Waals surface area contributed by atoms with Gasteiger partial charge in [-0.3, -0.25) is 14.3 Å². The van der Waals surface area contributed by atoms with Gasteiger partial charge in [0.15, 0.2) is 0 Å². The standard InChI is InChI=1S/C23H24N6O2S/c1-32-16-21-27-19-8-2-3-9-20(19)29(21)15-22(30)24-13-17-6-4-7-18(12-17)26-23(31)14-28-11-5-10-25-28/h2-12H,13-16H2,1H3,(H,24,30)(H,26,31). The molecule has 2 aromatic heterocycles. The Labute approximate surface area is 190 Å². The number of carbonyl (C=O) groups is 2. The van der Waals surface area contributed by atoms with E-state index >= 15 is 0 Å². The van der Waals surface area contributed by atoms with Crippen molar-refractivity contribution in [3.63, 3.8) is 0 Å². The van der Waals surface area contributed by atoms with E-state index in [0.29, 0.717) is 12.2 Å². The van der Waals surface area contributed by atoms with Crippen LogP contribution < -0.4 is 10.6 Å². The van der Waals surface area contributed by atoms with Gasteiger partial charge in [0, 0.05) is 24.6 Å². The minimum Gasteiger partial charge on any atom is -0.350 e. The van der Waals surface area contributed by atoms with Crippen LogP contribution in [0.5, 0.6) is 0 Å². The molecule has 0 saturated carbocycles. The van der Waals surface area contributed by atoms with Crippen molar-refractivity contribution in [1.29, 1.82) is 0 Å². The number of imidazole rings is 1. The molecule has 0 aliphatic heterocycles. The number of thioether (sulfide) groups is 1. The summed E-state index contributed by atoms with van der Waals surface area (Å²) in [5.41, 5.74) is 3.42. The van der Waals surface area contributed by atoms with Crippen molar-refractivity contribution in [2.75, 3.05) is 11.6 Å². The van der Waals surface area contributed by atoms with Crippen LogP contribution in [0.4, 0.5) is 5.69 Å². The third-order valence-electron chi connectivity index (χ3n) is 4.87. The number of aromatic nitrogens is 4. The molecule has 0 bridgehead atoms. The van der Waals surface area contributed by atoms with E-state index in [4.69, 9.17) is 0 Å². The maximum absolute atomic E-state index is 12.7. The first-order chi connectivity index (χ1) is 15.6. The largest absolute Gasteiger partial charge is 0.350 e. The zero-order valence-electron chi connectivity index (χ0n) is 17.7. The van der Waals surface area contributed by atoms with Crippen LogP contribution >= 0.6 is 11.8 Å². The highest BCUT2D eigenvalue weighted by atomic mass is 32.2. The molecule has 2 aromatic carbocycles. The van der Waals surface area contributed by atoms with Crippen LogP contribution in [0.3, 0.4) is 0 Å². The summed E-state index contributed by atoms with van der Waals surface area (Å²) >= 11 is 1.67. The van der Waals surface area contributed by atoms with E-state index in [0.717, 1.165) is 28.2 Å². The number of fused-ring (bicyclic) bond motifs is 1. The van der Waals surface area contributed by atoms with Gasteiger partial charge in [0.1, 0.15) is 18.9 Å². The molecule has 2 N–H and O–H groups in total. The average Bonchev–Trinajstić information content (AvgIpc) is 3.41. The number of rotatable bonds is 9. The summed E-state index contributed by atoms with van der Waals surface area (Å²) in [5.74, 6) is 1.37. The van der Waals surface area contributed by atoms with Crippen molar-refractivity contribution in [2.45, 2.75) is 25.4 Å². The van der Waals surface area contributed by atoms with Crippen LogP contribution in [-0.4, -0.2) is 37.4 Å². The van der Waals surface area contributed by atoms with E-state index < -0.39 is 0 Å². The molecule has 0 saturated heterocycles. The van der Waals surface area contributed by atoms with Gasteiger partial charge in [0.2, 0.25) is 11.8 Å². The number of benzene rings is 2. The van der Waals surface area contributed by atoms with Gasteiger partial charge in [-0.1, -0.05) is 24.3 Å². The number of anilines is 1. The van der Waals surface area contributed by atoms with Crippen molar-refractivity contribution in [3.05, 3.63) is 78.4 Å². The molecule has 2 amide bonds. The van der Waals surface area contributed by atoms with Crippen molar-refractivity contribution < 1.29 is 9.59 Å². The van der Waals surface area contributed by atoms with E-state index in [9.17, 15) is 9.59 Å². The first-order valence-corrected chi connectivity index (χ1v) is 11.6. The van der Waals surface area contributed by atoms with Gasteiger partial charge >= 0.3 is 0 Å². The highest BCUT2D eigenvalue weighted by Crippen LogP contribution is 2.19. The van der Waals surface area contributed by atoms with Crippen molar-refractivity contribution in [3.8, 4) is 0 Å². The molecular weight excluding hydrogens is 424 g/mol. The minimum absolute atomic E-state index is 0.0939. The molecule has 4 rings (SSSR count). The lowest BCUT2D eigenvalue weighted by Crippen LogP contribution is -2.27. The Morgan fingerprint density at radius 2 is 1.91 bits per heavy atom. The zero-order chi connectivity index (χ0) is 22.3. The lowest BCUT2D eigenvalue weighted by atomic mass is 10.2. The number of para-hydroxylation sites is 2. The number of carbonyl (C=O) groups excluding carboxylic acids is 2. The fourth-order valence-corrected chi connectivity index (χ4v) is 3.92. The Morgan fingerprint density at radius 1 is 1.03 bits per heavy atom. The number of nitrogens with one attached hydrogen (secondary N) is 2. The van der Waals surface area contributed by atoms with Crippen LogP contribution in [0.25, 0.3) is 11.0 Å². The maximum atomic E-state index is 12.7. The predicted molar refractivity (Wildman–Crippen MR) is 126 cm³/mol. The van der Waals surface area contributed by atoms with E-state index in [1.807, 2.05) is 59.4 Å². The molecule has 0 atom stereocenters. The zero-order valence-corrected chi connectivity index (χ0v) is 18.5. The van der Waals surface area contributed by atoms with E-state index in [2.05, 4.69) is 20.7 Å². The molecule has 2 heterocycles. The van der Waals surface area contributed by atoms with Crippen molar-refractivity contribution in [1.82, 2.24) is 24.6 Å². The average molecular weight is 449 g/mol. The Balaban J connectivity index is 1.36. The van der Waals surface area contributed by atoms with Crippen LogP contribution in [-0.2, 0) is 35.0 Å². The molecule has 0 radical (unpaired) electrons. The van der Waals surface area contributed by atoms with Gasteiger partial charge < -0.3 is 15.2 Å². The highest BCUT2D eigenvalue weighted by molar-refractivity contribution is 7.97. The smallest absolute Gasteiger partial charge is 0.246 e. The molecule has 9 heteroatoms. The van der Waals surface area contributed by atoms with E-state index in [1.165, 1.54) is 0 Å². The van der Waals surface area contributed by atoms with Gasteiger partial charge in [-0.25, -0.2) is 4.98 Å². The molecule has 32 heavy (non-hydrogen) atoms.